The van der Waals surface area contributed by atoms with E-state index in [1.165, 1.54) is 82.7 Å². The molecule has 16 aromatic rings. The summed E-state index contributed by atoms with van der Waals surface area (Å²) in [6, 6.07) is 96.9. The fourth-order valence-corrected chi connectivity index (χ4v) is 11.7. The number of furan rings is 2. The van der Waals surface area contributed by atoms with Crippen LogP contribution in [-0.2, 0) is 0 Å². The molecule has 0 aliphatic rings. The van der Waals surface area contributed by atoms with E-state index in [1.54, 1.807) is 18.2 Å². The summed E-state index contributed by atoms with van der Waals surface area (Å²) >= 11 is 3.61. The largest absolute Gasteiger partial charge is 0.488 e. The van der Waals surface area contributed by atoms with Crippen molar-refractivity contribution in [3.63, 3.8) is 0 Å². The summed E-state index contributed by atoms with van der Waals surface area (Å²) in [5.41, 5.74) is 18.4. The number of hydrogen-bond donors (Lipinski definition) is 2. The van der Waals surface area contributed by atoms with Gasteiger partial charge >= 0.3 is 7.12 Å². The molecule has 380 valence electrons. The molecule has 16 rings (SSSR count). The molecule has 0 aliphatic heterocycles. The minimum Gasteiger partial charge on any atom is -0.456 e. The SMILES string of the molecule is Brc1ccc2c(c1)c1ccccc1n2-c1ccc(-c2ccccc2)cc1.OB(O)c1ccc2oc3ccccc3c2c1.c1ccc(-c2ccc(-n3c4ccccc4c4cc(-c5ccc6oc7ccccc7c6c5)ccc43)cc2)cc1. The van der Waals surface area contributed by atoms with Crippen molar-refractivity contribution < 1.29 is 18.9 Å². The van der Waals surface area contributed by atoms with Crippen molar-refractivity contribution in [3.05, 3.63) is 284 Å². The maximum absolute atomic E-state index is 9.12. The van der Waals surface area contributed by atoms with Gasteiger partial charge in [0.05, 0.1) is 22.1 Å². The summed E-state index contributed by atoms with van der Waals surface area (Å²) in [4.78, 5) is 0. The highest BCUT2D eigenvalue weighted by Gasteiger charge is 2.17. The van der Waals surface area contributed by atoms with Gasteiger partial charge in [0, 0.05) is 58.9 Å². The van der Waals surface area contributed by atoms with Crippen molar-refractivity contribution in [2.45, 2.75) is 0 Å². The number of fused-ring (bicyclic) bond motifs is 12. The number of benzene rings is 12. The van der Waals surface area contributed by atoms with Crippen LogP contribution in [0.2, 0.25) is 0 Å². The highest BCUT2D eigenvalue weighted by molar-refractivity contribution is 9.10. The van der Waals surface area contributed by atoms with E-state index in [-0.39, 0.29) is 0 Å². The van der Waals surface area contributed by atoms with Crippen LogP contribution in [0.5, 0.6) is 0 Å². The number of hydrogen-bond acceptors (Lipinski definition) is 4. The standard InChI is InChI=1S/C36H23NO.C24H16BrN.C12H9BO3/c1-2-8-24(9-3-1)25-14-18-28(19-15-25)37-33-12-6-4-10-29(33)31-22-26(16-20-34(31)37)27-17-21-36-32(23-27)30-11-5-7-13-35(30)38-36;25-19-12-15-24-22(16-19)21-8-4-5-9-23(21)26(24)20-13-10-18(11-14-20)17-6-2-1-3-7-17;14-13(15)8-5-6-12-10(7-8)9-3-1-2-4-11(9)16-12/h1-23H;1-16H;1-7,14-15H. The van der Waals surface area contributed by atoms with Gasteiger partial charge in [-0.3, -0.25) is 0 Å². The first-order chi connectivity index (χ1) is 39.4. The van der Waals surface area contributed by atoms with Crippen LogP contribution in [0.1, 0.15) is 0 Å². The number of halogens is 1. The maximum Gasteiger partial charge on any atom is 0.488 e. The quantitative estimate of drug-likeness (QED) is 0.163. The van der Waals surface area contributed by atoms with E-state index in [2.05, 4.69) is 243 Å². The van der Waals surface area contributed by atoms with Crippen LogP contribution >= 0.6 is 15.9 Å². The lowest BCUT2D eigenvalue weighted by molar-refractivity contribution is 0.426. The van der Waals surface area contributed by atoms with E-state index in [9.17, 15) is 0 Å². The molecule has 4 aromatic heterocycles. The molecule has 6 nitrogen and oxygen atoms in total. The lowest BCUT2D eigenvalue weighted by Crippen LogP contribution is -2.29. The molecule has 12 aromatic carbocycles. The van der Waals surface area contributed by atoms with E-state index in [1.807, 2.05) is 42.5 Å². The first-order valence-corrected chi connectivity index (χ1v) is 27.4. The van der Waals surface area contributed by atoms with Gasteiger partial charge in [-0.2, -0.15) is 0 Å². The van der Waals surface area contributed by atoms with Crippen LogP contribution in [0.15, 0.2) is 292 Å². The molecule has 0 radical (unpaired) electrons. The second-order valence-corrected chi connectivity index (χ2v) is 20.9. The van der Waals surface area contributed by atoms with E-state index in [4.69, 9.17) is 18.9 Å². The predicted octanol–water partition coefficient (Wildman–Crippen LogP) is 18.5. The van der Waals surface area contributed by atoms with Gasteiger partial charge in [0.2, 0.25) is 0 Å². The number of aromatic nitrogens is 2. The topological polar surface area (TPSA) is 76.6 Å². The molecule has 0 unspecified atom stereocenters. The average Bonchev–Trinajstić information content (AvgIpc) is 4.47. The van der Waals surface area contributed by atoms with Crippen molar-refractivity contribution >= 4 is 116 Å². The molecular formula is C72H48BBrN2O4. The van der Waals surface area contributed by atoms with Crippen molar-refractivity contribution in [3.8, 4) is 44.8 Å². The monoisotopic (exact) mass is 1090 g/mol. The van der Waals surface area contributed by atoms with Crippen LogP contribution in [-0.4, -0.2) is 26.3 Å². The summed E-state index contributed by atoms with van der Waals surface area (Å²) < 4.78 is 17.5. The summed E-state index contributed by atoms with van der Waals surface area (Å²) in [7, 11) is -1.45. The van der Waals surface area contributed by atoms with Crippen LogP contribution in [0.3, 0.4) is 0 Å². The second kappa shape index (κ2) is 20.6. The summed E-state index contributed by atoms with van der Waals surface area (Å²) in [5, 5.41) is 27.5. The van der Waals surface area contributed by atoms with Crippen LogP contribution in [0, 0.1) is 0 Å². The average molecular weight is 1100 g/mol. The van der Waals surface area contributed by atoms with Crippen molar-refractivity contribution in [1.29, 1.82) is 0 Å². The van der Waals surface area contributed by atoms with E-state index in [0.29, 0.717) is 5.46 Å². The minimum atomic E-state index is -1.45. The van der Waals surface area contributed by atoms with Gasteiger partial charge in [-0.15, -0.1) is 0 Å². The molecule has 0 saturated carbocycles. The van der Waals surface area contributed by atoms with Gasteiger partial charge < -0.3 is 28.0 Å². The third kappa shape index (κ3) is 8.91. The minimum absolute atomic E-state index is 0.471. The molecule has 0 amide bonds. The third-order valence-electron chi connectivity index (χ3n) is 15.2. The van der Waals surface area contributed by atoms with Crippen molar-refractivity contribution in [1.82, 2.24) is 9.13 Å². The van der Waals surface area contributed by atoms with Crippen LogP contribution < -0.4 is 5.46 Å². The number of rotatable bonds is 6. The first-order valence-electron chi connectivity index (χ1n) is 26.6. The van der Waals surface area contributed by atoms with Gasteiger partial charge in [0.15, 0.2) is 0 Å². The third-order valence-corrected chi connectivity index (χ3v) is 15.7. The smallest absolute Gasteiger partial charge is 0.456 e. The lowest BCUT2D eigenvalue weighted by atomic mass is 9.80. The molecule has 80 heavy (non-hydrogen) atoms. The van der Waals surface area contributed by atoms with Gasteiger partial charge in [-0.05, 0) is 136 Å². The molecule has 0 spiro atoms. The first kappa shape index (κ1) is 48.7. The van der Waals surface area contributed by atoms with E-state index >= 15 is 0 Å². The highest BCUT2D eigenvalue weighted by atomic mass is 79.9. The van der Waals surface area contributed by atoms with Gasteiger partial charge in [-0.1, -0.05) is 198 Å². The fourth-order valence-electron chi connectivity index (χ4n) is 11.3. The van der Waals surface area contributed by atoms with Crippen LogP contribution in [0.4, 0.5) is 0 Å². The van der Waals surface area contributed by atoms with Gasteiger partial charge in [0.25, 0.3) is 0 Å². The van der Waals surface area contributed by atoms with Crippen LogP contribution in [0.25, 0.3) is 132 Å². The van der Waals surface area contributed by atoms with E-state index in [0.717, 1.165) is 54.0 Å². The Hall–Kier alpha value is -9.70. The normalized spacial score (nSPS) is 11.4. The molecule has 0 aliphatic carbocycles. The number of nitrogens with zero attached hydrogens (tertiary/aromatic N) is 2. The van der Waals surface area contributed by atoms with Crippen molar-refractivity contribution in [2.24, 2.45) is 0 Å². The Kier molecular flexibility index (Phi) is 12.5. The molecule has 4 heterocycles. The van der Waals surface area contributed by atoms with Gasteiger partial charge in [0.1, 0.15) is 22.3 Å². The Morgan fingerprint density at radius 2 is 0.637 bits per heavy atom. The Labute approximate surface area is 469 Å². The highest BCUT2D eigenvalue weighted by Crippen LogP contribution is 2.39. The molecule has 8 heteroatoms. The molecule has 2 N–H and O–H groups in total. The zero-order valence-electron chi connectivity index (χ0n) is 43.1. The predicted molar refractivity (Wildman–Crippen MR) is 336 cm³/mol. The Morgan fingerprint density at radius 1 is 0.275 bits per heavy atom. The summed E-state index contributed by atoms with van der Waals surface area (Å²) in [6.45, 7) is 0. The van der Waals surface area contributed by atoms with Crippen molar-refractivity contribution in [2.75, 3.05) is 0 Å². The lowest BCUT2D eigenvalue weighted by Gasteiger charge is -2.10. The number of para-hydroxylation sites is 4. The summed E-state index contributed by atoms with van der Waals surface area (Å²) in [5.74, 6) is 0. The molecule has 0 fully saturated rings. The molecule has 0 saturated heterocycles. The molecule has 0 atom stereocenters. The van der Waals surface area contributed by atoms with Gasteiger partial charge in [-0.25, -0.2) is 0 Å². The summed E-state index contributed by atoms with van der Waals surface area (Å²) in [6.07, 6.45) is 0. The second-order valence-electron chi connectivity index (χ2n) is 20.0. The maximum atomic E-state index is 9.12. The zero-order chi connectivity index (χ0) is 53.7. The zero-order valence-corrected chi connectivity index (χ0v) is 44.7. The fraction of sp³-hybridized carbons (Fsp3) is 0. The Morgan fingerprint density at radius 3 is 1.16 bits per heavy atom. The Balaban J connectivity index is 0.000000118. The molecule has 0 bridgehead atoms. The molecular weight excluding hydrogens is 1050 g/mol. The Bertz CT molecular complexity index is 4930. The van der Waals surface area contributed by atoms with E-state index < -0.39 is 7.12 Å².